The van der Waals surface area contributed by atoms with Crippen LogP contribution >= 0.6 is 0 Å². The van der Waals surface area contributed by atoms with Crippen LogP contribution in [-0.2, 0) is 0 Å². The first kappa shape index (κ1) is 27.4. The van der Waals surface area contributed by atoms with Gasteiger partial charge in [0.1, 0.15) is 0 Å². The van der Waals surface area contributed by atoms with Crippen LogP contribution in [0.25, 0.3) is 83.4 Å². The minimum Gasteiger partial charge on any atom is -0.309 e. The van der Waals surface area contributed by atoms with Gasteiger partial charge in [0.15, 0.2) is 11.6 Å². The Labute approximate surface area is 282 Å². The summed E-state index contributed by atoms with van der Waals surface area (Å²) in [6.07, 6.45) is 0. The van der Waals surface area contributed by atoms with Crippen molar-refractivity contribution >= 4 is 43.6 Å². The number of hydrogen-bond acceptors (Lipinski definition) is 2. The van der Waals surface area contributed by atoms with Crippen molar-refractivity contribution in [1.29, 1.82) is 0 Å². The molecule has 49 heavy (non-hydrogen) atoms. The minimum atomic E-state index is 0.789. The largest absolute Gasteiger partial charge is 0.309 e. The molecule has 0 radical (unpaired) electrons. The van der Waals surface area contributed by atoms with E-state index < -0.39 is 0 Å². The first-order valence-corrected chi connectivity index (χ1v) is 16.5. The number of fused-ring (bicyclic) bond motifs is 6. The normalized spacial score (nSPS) is 11.7. The van der Waals surface area contributed by atoms with E-state index in [-0.39, 0.29) is 0 Å². The van der Waals surface area contributed by atoms with Crippen LogP contribution in [0.4, 0.5) is 0 Å². The van der Waals surface area contributed by atoms with E-state index >= 15 is 0 Å². The average molecular weight is 628 g/mol. The van der Waals surface area contributed by atoms with Gasteiger partial charge in [0, 0.05) is 49.7 Å². The molecule has 0 aliphatic heterocycles. The van der Waals surface area contributed by atoms with E-state index in [1.54, 1.807) is 0 Å². The third-order valence-corrected chi connectivity index (χ3v) is 9.57. The van der Waals surface area contributed by atoms with Crippen molar-refractivity contribution in [1.82, 2.24) is 23.9 Å². The number of para-hydroxylation sites is 5. The summed E-state index contributed by atoms with van der Waals surface area (Å²) in [5, 5.41) is 14.7. The summed E-state index contributed by atoms with van der Waals surface area (Å²) in [7, 11) is 0. The van der Waals surface area contributed by atoms with Crippen LogP contribution < -0.4 is 0 Å². The van der Waals surface area contributed by atoms with E-state index in [2.05, 4.69) is 184 Å². The molecule has 5 nitrogen and oxygen atoms in total. The Hall–Kier alpha value is -6.72. The van der Waals surface area contributed by atoms with E-state index in [0.29, 0.717) is 0 Å². The predicted molar refractivity (Wildman–Crippen MR) is 201 cm³/mol. The SMILES string of the molecule is c1ccc(-n2c(-c3ccc4c5ccccc5n(-c5ccccc5)c4c3)nnc2-c2ccc3c4ccccc4n(-c4ccccc4)c3c2)cc1. The maximum absolute atomic E-state index is 4.90. The van der Waals surface area contributed by atoms with E-state index in [1.807, 2.05) is 6.07 Å². The molecule has 7 aromatic carbocycles. The van der Waals surface area contributed by atoms with Crippen molar-refractivity contribution in [3.63, 3.8) is 0 Å². The van der Waals surface area contributed by atoms with Gasteiger partial charge in [-0.1, -0.05) is 115 Å². The molecule has 0 N–H and O–H groups in total. The molecule has 10 aromatic rings. The quantitative estimate of drug-likeness (QED) is 0.190. The smallest absolute Gasteiger partial charge is 0.168 e. The summed E-state index contributed by atoms with van der Waals surface area (Å²) < 4.78 is 6.87. The van der Waals surface area contributed by atoms with Crippen molar-refractivity contribution in [2.75, 3.05) is 0 Å². The Morgan fingerprint density at radius 1 is 0.286 bits per heavy atom. The molecular formula is C44H29N5. The maximum atomic E-state index is 4.90. The number of aromatic nitrogens is 5. The lowest BCUT2D eigenvalue weighted by molar-refractivity contribution is 1.07. The monoisotopic (exact) mass is 627 g/mol. The van der Waals surface area contributed by atoms with E-state index in [1.165, 1.54) is 32.6 Å². The molecule has 5 heteroatoms. The summed E-state index contributed by atoms with van der Waals surface area (Å²) in [5.74, 6) is 1.58. The molecule has 3 aromatic heterocycles. The van der Waals surface area contributed by atoms with Crippen molar-refractivity contribution in [2.24, 2.45) is 0 Å². The fourth-order valence-corrected chi connectivity index (χ4v) is 7.41. The lowest BCUT2D eigenvalue weighted by Gasteiger charge is -2.13. The highest BCUT2D eigenvalue weighted by molar-refractivity contribution is 6.11. The van der Waals surface area contributed by atoms with Crippen molar-refractivity contribution < 1.29 is 0 Å². The lowest BCUT2D eigenvalue weighted by atomic mass is 10.1. The summed E-state index contributed by atoms with van der Waals surface area (Å²) in [6, 6.07) is 62.1. The topological polar surface area (TPSA) is 40.6 Å². The Kier molecular flexibility index (Phi) is 6.11. The van der Waals surface area contributed by atoms with Crippen LogP contribution in [0, 0.1) is 0 Å². The fourth-order valence-electron chi connectivity index (χ4n) is 7.41. The van der Waals surface area contributed by atoms with Gasteiger partial charge in [-0.3, -0.25) is 4.57 Å². The average Bonchev–Trinajstić information content (AvgIpc) is 3.86. The highest BCUT2D eigenvalue weighted by Crippen LogP contribution is 2.38. The molecule has 0 atom stereocenters. The van der Waals surface area contributed by atoms with Gasteiger partial charge >= 0.3 is 0 Å². The van der Waals surface area contributed by atoms with E-state index in [0.717, 1.165) is 50.9 Å². The molecule has 230 valence electrons. The number of nitrogens with zero attached hydrogens (tertiary/aromatic N) is 5. The Balaban J connectivity index is 1.22. The van der Waals surface area contributed by atoms with Crippen molar-refractivity contribution in [3.05, 3.63) is 176 Å². The van der Waals surface area contributed by atoms with Gasteiger partial charge in [0.25, 0.3) is 0 Å². The summed E-state index contributed by atoms with van der Waals surface area (Å²) in [6.45, 7) is 0. The van der Waals surface area contributed by atoms with Gasteiger partial charge in [-0.2, -0.15) is 0 Å². The minimum absolute atomic E-state index is 0.789. The molecule has 0 unspecified atom stereocenters. The highest BCUT2D eigenvalue weighted by atomic mass is 15.3. The number of rotatable bonds is 5. The van der Waals surface area contributed by atoms with E-state index in [4.69, 9.17) is 10.2 Å². The zero-order chi connectivity index (χ0) is 32.3. The summed E-state index contributed by atoms with van der Waals surface area (Å²) in [5.41, 5.74) is 9.84. The zero-order valence-corrected chi connectivity index (χ0v) is 26.5. The van der Waals surface area contributed by atoms with Gasteiger partial charge < -0.3 is 9.13 Å². The van der Waals surface area contributed by atoms with E-state index in [9.17, 15) is 0 Å². The summed E-state index contributed by atoms with van der Waals surface area (Å²) in [4.78, 5) is 0. The summed E-state index contributed by atoms with van der Waals surface area (Å²) >= 11 is 0. The Bertz CT molecular complexity index is 2630. The molecule has 0 amide bonds. The first-order chi connectivity index (χ1) is 24.3. The molecule has 0 bridgehead atoms. The molecule has 0 saturated heterocycles. The third-order valence-electron chi connectivity index (χ3n) is 9.57. The van der Waals surface area contributed by atoms with Gasteiger partial charge in [-0.05, 0) is 60.7 Å². The van der Waals surface area contributed by atoms with Gasteiger partial charge in [-0.25, -0.2) is 0 Å². The van der Waals surface area contributed by atoms with Gasteiger partial charge in [0.05, 0.1) is 22.1 Å². The molecule has 0 fully saturated rings. The fraction of sp³-hybridized carbons (Fsp3) is 0. The second-order valence-electron chi connectivity index (χ2n) is 12.4. The molecule has 10 rings (SSSR count). The standard InChI is InChI=1S/C44H29N5/c1-4-14-32(15-5-1)47-39-22-12-10-20-35(39)37-26-24-30(28-41(37)47)43-45-46-44(49(43)34-18-8-3-9-19-34)31-25-27-38-36-21-11-13-23-40(36)48(42(38)29-31)33-16-6-2-7-17-33/h1-29H. The molecule has 0 aliphatic carbocycles. The number of benzene rings is 7. The number of hydrogen-bond donors (Lipinski definition) is 0. The van der Waals surface area contributed by atoms with Crippen LogP contribution in [0.5, 0.6) is 0 Å². The van der Waals surface area contributed by atoms with Crippen LogP contribution in [0.1, 0.15) is 0 Å². The van der Waals surface area contributed by atoms with Crippen LogP contribution in [0.15, 0.2) is 176 Å². The second kappa shape index (κ2) is 10.9. The molecule has 0 aliphatic rings. The molecule has 3 heterocycles. The second-order valence-corrected chi connectivity index (χ2v) is 12.4. The predicted octanol–water partition coefficient (Wildman–Crippen LogP) is 10.8. The molecule has 0 spiro atoms. The van der Waals surface area contributed by atoms with Gasteiger partial charge in [0.2, 0.25) is 0 Å². The lowest BCUT2D eigenvalue weighted by Crippen LogP contribution is -2.01. The van der Waals surface area contributed by atoms with Gasteiger partial charge in [-0.15, -0.1) is 10.2 Å². The first-order valence-electron chi connectivity index (χ1n) is 16.5. The molecule has 0 saturated carbocycles. The Morgan fingerprint density at radius 3 is 1.06 bits per heavy atom. The molecular weight excluding hydrogens is 599 g/mol. The Morgan fingerprint density at radius 2 is 0.633 bits per heavy atom. The highest BCUT2D eigenvalue weighted by Gasteiger charge is 2.21. The van der Waals surface area contributed by atoms with Crippen molar-refractivity contribution in [2.45, 2.75) is 0 Å². The third kappa shape index (κ3) is 4.26. The van der Waals surface area contributed by atoms with Crippen LogP contribution in [0.2, 0.25) is 0 Å². The zero-order valence-electron chi connectivity index (χ0n) is 26.5. The van der Waals surface area contributed by atoms with Crippen LogP contribution in [-0.4, -0.2) is 23.9 Å². The van der Waals surface area contributed by atoms with Crippen molar-refractivity contribution in [3.8, 4) is 39.8 Å². The van der Waals surface area contributed by atoms with Crippen LogP contribution in [0.3, 0.4) is 0 Å². The maximum Gasteiger partial charge on any atom is 0.168 e.